The van der Waals surface area contributed by atoms with Crippen molar-refractivity contribution in [3.63, 3.8) is 0 Å². The lowest BCUT2D eigenvalue weighted by atomic mass is 10.2. The van der Waals surface area contributed by atoms with Crippen LogP contribution in [-0.2, 0) is 24.2 Å². The molecule has 2 aromatic carbocycles. The molecule has 8 heteroatoms. The molecule has 6 nitrogen and oxygen atoms in total. The van der Waals surface area contributed by atoms with Crippen LogP contribution in [0.25, 0.3) is 22.0 Å². The zero-order valence-electron chi connectivity index (χ0n) is 17.4. The summed E-state index contributed by atoms with van der Waals surface area (Å²) in [6.45, 7) is 0.946. The van der Waals surface area contributed by atoms with Gasteiger partial charge in [-0.05, 0) is 49.2 Å². The second-order valence-electron chi connectivity index (χ2n) is 7.86. The number of carbonyl (C=O) groups excluding carboxylic acids is 1. The zero-order chi connectivity index (χ0) is 21.9. The minimum absolute atomic E-state index is 0.148. The van der Waals surface area contributed by atoms with E-state index in [0.717, 1.165) is 48.7 Å². The summed E-state index contributed by atoms with van der Waals surface area (Å²) < 4.78 is 15.6. The highest BCUT2D eigenvalue weighted by Gasteiger charge is 2.16. The third-order valence-corrected chi connectivity index (χ3v) is 6.44. The van der Waals surface area contributed by atoms with E-state index < -0.39 is 0 Å². The number of rotatable bonds is 5. The second-order valence-corrected chi connectivity index (χ2v) is 8.72. The zero-order valence-corrected chi connectivity index (χ0v) is 18.2. The molecule has 1 N–H and O–H groups in total. The fourth-order valence-electron chi connectivity index (χ4n) is 3.91. The van der Waals surface area contributed by atoms with E-state index >= 15 is 0 Å². The number of fused-ring (bicyclic) bond motifs is 1. The van der Waals surface area contributed by atoms with Crippen LogP contribution < -0.4 is 5.32 Å². The summed E-state index contributed by atoms with van der Waals surface area (Å²) in [4.78, 5) is 17.0. The monoisotopic (exact) mass is 447 g/mol. The molecule has 1 amide bonds. The first-order chi connectivity index (χ1) is 15.7. The van der Waals surface area contributed by atoms with E-state index in [-0.39, 0.29) is 18.1 Å². The Morgan fingerprint density at radius 1 is 1.06 bits per heavy atom. The first kappa shape index (κ1) is 20.5. The van der Waals surface area contributed by atoms with Crippen LogP contribution in [0.4, 0.5) is 10.1 Å². The quantitative estimate of drug-likeness (QED) is 0.461. The molecule has 0 saturated heterocycles. The van der Waals surface area contributed by atoms with E-state index in [1.54, 1.807) is 6.07 Å². The van der Waals surface area contributed by atoms with Gasteiger partial charge in [-0.2, -0.15) is 0 Å². The van der Waals surface area contributed by atoms with Gasteiger partial charge in [-0.25, -0.2) is 9.37 Å². The number of aromatic nitrogens is 4. The maximum absolute atomic E-state index is 13.4. The molecule has 4 aromatic rings. The van der Waals surface area contributed by atoms with Crippen LogP contribution in [0.1, 0.15) is 30.8 Å². The van der Waals surface area contributed by atoms with Crippen molar-refractivity contribution in [1.29, 1.82) is 0 Å². The Hall–Kier alpha value is -3.39. The number of hydrogen-bond donors (Lipinski definition) is 1. The van der Waals surface area contributed by atoms with E-state index in [9.17, 15) is 9.18 Å². The van der Waals surface area contributed by atoms with Crippen molar-refractivity contribution < 1.29 is 9.18 Å². The maximum Gasteiger partial charge on any atom is 0.230 e. The van der Waals surface area contributed by atoms with Crippen LogP contribution in [0.2, 0.25) is 0 Å². The molecule has 32 heavy (non-hydrogen) atoms. The molecule has 0 fully saturated rings. The van der Waals surface area contributed by atoms with Gasteiger partial charge in [-0.1, -0.05) is 18.6 Å². The Morgan fingerprint density at radius 3 is 2.78 bits per heavy atom. The SMILES string of the molecule is O=C(Cc1csc(-c2cccc(F)c2)n1)Nc1ccc(-c2nnc3n2CCCCC3)cc1. The number of nitrogens with zero attached hydrogens (tertiary/aromatic N) is 4. The molecule has 1 aliphatic rings. The van der Waals surface area contributed by atoms with Gasteiger partial charge >= 0.3 is 0 Å². The molecule has 5 rings (SSSR count). The van der Waals surface area contributed by atoms with Crippen molar-refractivity contribution in [3.05, 3.63) is 71.2 Å². The highest BCUT2D eigenvalue weighted by molar-refractivity contribution is 7.13. The summed E-state index contributed by atoms with van der Waals surface area (Å²) in [6.07, 6.45) is 4.65. The minimum Gasteiger partial charge on any atom is -0.326 e. The molecular formula is C24H22FN5OS. The Kier molecular flexibility index (Phi) is 5.77. The van der Waals surface area contributed by atoms with E-state index in [1.807, 2.05) is 35.7 Å². The number of nitrogens with one attached hydrogen (secondary N) is 1. The predicted molar refractivity (Wildman–Crippen MR) is 123 cm³/mol. The Morgan fingerprint density at radius 2 is 1.94 bits per heavy atom. The van der Waals surface area contributed by atoms with Crippen molar-refractivity contribution in [2.45, 2.75) is 38.6 Å². The summed E-state index contributed by atoms with van der Waals surface area (Å²) in [5.74, 6) is 1.48. The first-order valence-electron chi connectivity index (χ1n) is 10.7. The smallest absolute Gasteiger partial charge is 0.230 e. The normalized spacial score (nSPS) is 13.4. The summed E-state index contributed by atoms with van der Waals surface area (Å²) >= 11 is 1.40. The molecule has 0 spiro atoms. The Labute approximate surface area is 189 Å². The number of thiazole rings is 1. The standard InChI is InChI=1S/C24H22FN5OS/c25-18-6-4-5-17(13-18)24-27-20(15-32-24)14-22(31)26-19-10-8-16(9-11-19)23-29-28-21-7-2-1-3-12-30(21)23/h4-6,8-11,13,15H,1-3,7,12,14H2,(H,26,31). The lowest BCUT2D eigenvalue weighted by molar-refractivity contribution is -0.115. The van der Waals surface area contributed by atoms with Gasteiger partial charge < -0.3 is 9.88 Å². The summed E-state index contributed by atoms with van der Waals surface area (Å²) in [5, 5.41) is 14.2. The molecule has 2 aromatic heterocycles. The van der Waals surface area contributed by atoms with Crippen LogP contribution in [-0.4, -0.2) is 25.7 Å². The number of aryl methyl sites for hydroxylation is 1. The largest absolute Gasteiger partial charge is 0.326 e. The fourth-order valence-corrected chi connectivity index (χ4v) is 4.73. The molecule has 0 unspecified atom stereocenters. The topological polar surface area (TPSA) is 72.7 Å². The highest BCUT2D eigenvalue weighted by Crippen LogP contribution is 2.26. The fraction of sp³-hybridized carbons (Fsp3) is 0.250. The van der Waals surface area contributed by atoms with Crippen molar-refractivity contribution >= 4 is 22.9 Å². The van der Waals surface area contributed by atoms with E-state index in [2.05, 4.69) is 25.1 Å². The molecule has 0 atom stereocenters. The average Bonchev–Trinajstić information content (AvgIpc) is 3.35. The lowest BCUT2D eigenvalue weighted by Gasteiger charge is -2.08. The van der Waals surface area contributed by atoms with Gasteiger partial charge in [0.15, 0.2) is 5.82 Å². The molecule has 0 bridgehead atoms. The number of amides is 1. The molecule has 0 radical (unpaired) electrons. The maximum atomic E-state index is 13.4. The van der Waals surface area contributed by atoms with Crippen molar-refractivity contribution in [1.82, 2.24) is 19.7 Å². The van der Waals surface area contributed by atoms with Gasteiger partial charge in [0, 0.05) is 35.2 Å². The summed E-state index contributed by atoms with van der Waals surface area (Å²) in [5.41, 5.74) is 3.08. The van der Waals surface area contributed by atoms with Gasteiger partial charge in [0.1, 0.15) is 16.6 Å². The van der Waals surface area contributed by atoms with Crippen LogP contribution in [0.5, 0.6) is 0 Å². The molecular weight excluding hydrogens is 425 g/mol. The Balaban J connectivity index is 1.24. The van der Waals surface area contributed by atoms with Crippen molar-refractivity contribution in [2.24, 2.45) is 0 Å². The van der Waals surface area contributed by atoms with Crippen molar-refractivity contribution in [3.8, 4) is 22.0 Å². The third-order valence-electron chi connectivity index (χ3n) is 5.50. The highest BCUT2D eigenvalue weighted by atomic mass is 32.1. The number of halogens is 1. The molecule has 3 heterocycles. The molecule has 0 aliphatic carbocycles. The molecule has 1 aliphatic heterocycles. The van der Waals surface area contributed by atoms with Gasteiger partial charge in [0.05, 0.1) is 12.1 Å². The van der Waals surface area contributed by atoms with Crippen LogP contribution in [0, 0.1) is 5.82 Å². The van der Waals surface area contributed by atoms with Crippen LogP contribution in [0.3, 0.4) is 0 Å². The first-order valence-corrected chi connectivity index (χ1v) is 11.6. The number of anilines is 1. The van der Waals surface area contributed by atoms with Gasteiger partial charge in [-0.3, -0.25) is 4.79 Å². The van der Waals surface area contributed by atoms with Crippen LogP contribution >= 0.6 is 11.3 Å². The molecule has 162 valence electrons. The number of hydrogen-bond acceptors (Lipinski definition) is 5. The van der Waals surface area contributed by atoms with E-state index in [0.29, 0.717) is 16.3 Å². The second kappa shape index (κ2) is 9.00. The Bertz CT molecular complexity index is 1250. The van der Waals surface area contributed by atoms with Gasteiger partial charge in [0.25, 0.3) is 0 Å². The van der Waals surface area contributed by atoms with Gasteiger partial charge in [-0.15, -0.1) is 21.5 Å². The van der Waals surface area contributed by atoms with Crippen molar-refractivity contribution in [2.75, 3.05) is 5.32 Å². The van der Waals surface area contributed by atoms with E-state index in [1.165, 1.54) is 29.9 Å². The van der Waals surface area contributed by atoms with E-state index in [4.69, 9.17) is 0 Å². The average molecular weight is 448 g/mol. The van der Waals surface area contributed by atoms with Gasteiger partial charge in [0.2, 0.25) is 5.91 Å². The molecule has 0 saturated carbocycles. The third kappa shape index (κ3) is 4.45. The predicted octanol–water partition coefficient (Wildman–Crippen LogP) is 5.12. The number of benzene rings is 2. The lowest BCUT2D eigenvalue weighted by Crippen LogP contribution is -2.14. The van der Waals surface area contributed by atoms with Crippen LogP contribution in [0.15, 0.2) is 53.9 Å². The summed E-state index contributed by atoms with van der Waals surface area (Å²) in [7, 11) is 0. The minimum atomic E-state index is -0.303. The number of carbonyl (C=O) groups is 1. The summed E-state index contributed by atoms with van der Waals surface area (Å²) in [6, 6.07) is 14.0.